The number of amides is 2. The maximum absolute atomic E-state index is 12.5. The minimum absolute atomic E-state index is 0.0872. The zero-order valence-corrected chi connectivity index (χ0v) is 15.9. The number of nitrogens with zero attached hydrogens (tertiary/aromatic N) is 3. The zero-order chi connectivity index (χ0) is 17.2. The van der Waals surface area contributed by atoms with Crippen LogP contribution in [0.2, 0.25) is 0 Å². The standard InChI is InChI=1S/C16H30N3O3P/c1-5-7-17-8-6-12-13(10-23)19(11-18(12)9-14(17)20)15(21)22-16(2,3)4/h12-13H,5-11,23H2,1-4H3/t12-,13?/m0/s1. The third-order valence-electron chi connectivity index (χ3n) is 4.40. The fourth-order valence-electron chi connectivity index (χ4n) is 3.39. The lowest BCUT2D eigenvalue weighted by Gasteiger charge is -2.29. The lowest BCUT2D eigenvalue weighted by molar-refractivity contribution is -0.131. The molecular weight excluding hydrogens is 313 g/mol. The Balaban J connectivity index is 2.10. The summed E-state index contributed by atoms with van der Waals surface area (Å²) < 4.78 is 5.53. The van der Waals surface area contributed by atoms with Crippen LogP contribution in [0.4, 0.5) is 4.79 Å². The van der Waals surface area contributed by atoms with Gasteiger partial charge < -0.3 is 9.64 Å². The van der Waals surface area contributed by atoms with Crippen molar-refractivity contribution in [1.82, 2.24) is 14.7 Å². The van der Waals surface area contributed by atoms with Gasteiger partial charge in [0.25, 0.3) is 0 Å². The van der Waals surface area contributed by atoms with E-state index < -0.39 is 5.60 Å². The Morgan fingerprint density at radius 3 is 2.65 bits per heavy atom. The molecule has 2 amide bonds. The molecule has 6 nitrogen and oxygen atoms in total. The summed E-state index contributed by atoms with van der Waals surface area (Å²) in [5, 5.41) is 0. The molecule has 3 atom stereocenters. The van der Waals surface area contributed by atoms with Gasteiger partial charge in [-0.25, -0.2) is 4.79 Å². The van der Waals surface area contributed by atoms with E-state index in [1.165, 1.54) is 0 Å². The van der Waals surface area contributed by atoms with E-state index in [4.69, 9.17) is 4.74 Å². The van der Waals surface area contributed by atoms with E-state index in [0.717, 1.165) is 32.1 Å². The Morgan fingerprint density at radius 2 is 2.09 bits per heavy atom. The van der Waals surface area contributed by atoms with Crippen LogP contribution in [0.1, 0.15) is 40.5 Å². The van der Waals surface area contributed by atoms with Crippen LogP contribution in [0.3, 0.4) is 0 Å². The Morgan fingerprint density at radius 1 is 1.39 bits per heavy atom. The zero-order valence-electron chi connectivity index (χ0n) is 14.7. The molecule has 0 spiro atoms. The Labute approximate surface area is 141 Å². The molecule has 0 saturated carbocycles. The molecule has 2 aliphatic heterocycles. The van der Waals surface area contributed by atoms with E-state index in [-0.39, 0.29) is 24.1 Å². The summed E-state index contributed by atoms with van der Waals surface area (Å²) in [6.07, 6.45) is 2.40. The van der Waals surface area contributed by atoms with Gasteiger partial charge in [-0.1, -0.05) is 6.92 Å². The van der Waals surface area contributed by atoms with Gasteiger partial charge in [-0.15, -0.1) is 9.24 Å². The van der Waals surface area contributed by atoms with Crippen molar-refractivity contribution in [3.8, 4) is 0 Å². The van der Waals surface area contributed by atoms with Crippen molar-refractivity contribution in [2.45, 2.75) is 58.2 Å². The van der Waals surface area contributed by atoms with Crippen molar-refractivity contribution in [3.63, 3.8) is 0 Å². The first-order valence-corrected chi connectivity index (χ1v) is 9.30. The summed E-state index contributed by atoms with van der Waals surface area (Å²) in [7, 11) is 2.74. The molecule has 2 fully saturated rings. The summed E-state index contributed by atoms with van der Waals surface area (Å²) in [5.74, 6) is 0.169. The summed E-state index contributed by atoms with van der Waals surface area (Å²) >= 11 is 0. The third-order valence-corrected chi connectivity index (χ3v) is 4.88. The molecule has 132 valence electrons. The van der Waals surface area contributed by atoms with Crippen LogP contribution in [0, 0.1) is 0 Å². The maximum atomic E-state index is 12.5. The minimum Gasteiger partial charge on any atom is -0.444 e. The molecule has 2 heterocycles. The monoisotopic (exact) mass is 343 g/mol. The summed E-state index contributed by atoms with van der Waals surface area (Å²) in [6.45, 7) is 10.2. The van der Waals surface area contributed by atoms with Crippen LogP contribution in [-0.2, 0) is 9.53 Å². The molecule has 0 aromatic heterocycles. The van der Waals surface area contributed by atoms with Crippen LogP contribution in [0.25, 0.3) is 0 Å². The number of carbonyl (C=O) groups excluding carboxylic acids is 2. The average Bonchev–Trinajstić information content (AvgIpc) is 2.71. The van der Waals surface area contributed by atoms with Gasteiger partial charge in [-0.2, -0.15) is 0 Å². The Hall–Kier alpha value is -0.870. The largest absolute Gasteiger partial charge is 0.444 e. The number of fused-ring (bicyclic) bond motifs is 1. The first-order chi connectivity index (χ1) is 10.8. The average molecular weight is 343 g/mol. The Bertz CT molecular complexity index is 452. The first-order valence-electron chi connectivity index (χ1n) is 8.48. The van der Waals surface area contributed by atoms with Crippen LogP contribution in [-0.4, -0.2) is 76.8 Å². The van der Waals surface area contributed by atoms with E-state index in [1.807, 2.05) is 25.7 Å². The second-order valence-electron chi connectivity index (χ2n) is 7.38. The highest BCUT2D eigenvalue weighted by Gasteiger charge is 2.45. The quantitative estimate of drug-likeness (QED) is 0.733. The van der Waals surface area contributed by atoms with E-state index in [0.29, 0.717) is 13.2 Å². The van der Waals surface area contributed by atoms with E-state index in [9.17, 15) is 9.59 Å². The number of hydrogen-bond acceptors (Lipinski definition) is 4. The van der Waals surface area contributed by atoms with Gasteiger partial charge in [0.05, 0.1) is 19.3 Å². The second-order valence-corrected chi connectivity index (χ2v) is 7.85. The van der Waals surface area contributed by atoms with Crippen molar-refractivity contribution in [3.05, 3.63) is 0 Å². The van der Waals surface area contributed by atoms with Gasteiger partial charge in [0.15, 0.2) is 0 Å². The lowest BCUT2D eigenvalue weighted by Crippen LogP contribution is -2.44. The molecule has 2 aliphatic rings. The molecule has 0 N–H and O–H groups in total. The molecule has 0 aromatic rings. The highest BCUT2D eigenvalue weighted by Crippen LogP contribution is 2.28. The molecule has 0 aromatic carbocycles. The molecule has 0 bridgehead atoms. The van der Waals surface area contributed by atoms with E-state index in [2.05, 4.69) is 21.1 Å². The van der Waals surface area contributed by atoms with Gasteiger partial charge in [0, 0.05) is 19.1 Å². The van der Waals surface area contributed by atoms with Crippen molar-refractivity contribution in [2.75, 3.05) is 32.5 Å². The number of hydrogen-bond donors (Lipinski definition) is 0. The van der Waals surface area contributed by atoms with Crippen molar-refractivity contribution in [2.24, 2.45) is 0 Å². The lowest BCUT2D eigenvalue weighted by atomic mass is 10.1. The first kappa shape index (κ1) is 18.5. The molecule has 23 heavy (non-hydrogen) atoms. The van der Waals surface area contributed by atoms with Crippen LogP contribution < -0.4 is 0 Å². The van der Waals surface area contributed by atoms with E-state index in [1.54, 1.807) is 4.90 Å². The van der Waals surface area contributed by atoms with Crippen LogP contribution in [0.5, 0.6) is 0 Å². The smallest absolute Gasteiger partial charge is 0.411 e. The van der Waals surface area contributed by atoms with Gasteiger partial charge in [0.1, 0.15) is 5.60 Å². The summed E-state index contributed by atoms with van der Waals surface area (Å²) in [6, 6.07) is 0.315. The normalized spacial score (nSPS) is 26.2. The predicted molar refractivity (Wildman–Crippen MR) is 93.3 cm³/mol. The molecule has 2 saturated heterocycles. The highest BCUT2D eigenvalue weighted by molar-refractivity contribution is 7.16. The maximum Gasteiger partial charge on any atom is 0.411 e. The third kappa shape index (κ3) is 4.36. The highest BCUT2D eigenvalue weighted by atomic mass is 31.0. The number of carbonyl (C=O) groups is 2. The number of ether oxygens (including phenoxy) is 1. The van der Waals surface area contributed by atoms with Crippen LogP contribution in [0.15, 0.2) is 0 Å². The summed E-state index contributed by atoms with van der Waals surface area (Å²) in [5.41, 5.74) is -0.504. The van der Waals surface area contributed by atoms with Gasteiger partial charge in [0.2, 0.25) is 5.91 Å². The second kappa shape index (κ2) is 7.35. The van der Waals surface area contributed by atoms with Gasteiger partial charge >= 0.3 is 6.09 Å². The molecular formula is C16H30N3O3P. The fourth-order valence-corrected chi connectivity index (χ4v) is 3.96. The molecule has 2 unspecified atom stereocenters. The summed E-state index contributed by atoms with van der Waals surface area (Å²) in [4.78, 5) is 30.7. The SMILES string of the molecule is CCCN1CC[C@H]2C(CP)N(C(=O)OC(C)(C)C)CN2CC1=O. The van der Waals surface area contributed by atoms with Crippen molar-refractivity contribution >= 4 is 21.2 Å². The molecule has 2 rings (SSSR count). The Kier molecular flexibility index (Phi) is 5.90. The molecule has 7 heteroatoms. The molecule has 0 radical (unpaired) electrons. The van der Waals surface area contributed by atoms with E-state index >= 15 is 0 Å². The molecule has 0 aliphatic carbocycles. The van der Waals surface area contributed by atoms with Crippen LogP contribution >= 0.6 is 9.24 Å². The van der Waals surface area contributed by atoms with Crippen molar-refractivity contribution in [1.29, 1.82) is 0 Å². The number of rotatable bonds is 3. The van der Waals surface area contributed by atoms with Crippen molar-refractivity contribution < 1.29 is 14.3 Å². The van der Waals surface area contributed by atoms with Gasteiger partial charge in [-0.3, -0.25) is 14.6 Å². The van der Waals surface area contributed by atoms with Gasteiger partial charge in [-0.05, 0) is 39.8 Å². The fraction of sp³-hybridized carbons (Fsp3) is 0.875. The topological polar surface area (TPSA) is 53.1 Å². The minimum atomic E-state index is -0.504. The predicted octanol–water partition coefficient (Wildman–Crippen LogP) is 1.75.